The van der Waals surface area contributed by atoms with Gasteiger partial charge in [0.15, 0.2) is 0 Å². The van der Waals surface area contributed by atoms with Crippen LogP contribution in [0.1, 0.15) is 38.5 Å². The highest BCUT2D eigenvalue weighted by Gasteiger charge is 2.31. The van der Waals surface area contributed by atoms with E-state index in [0.717, 1.165) is 42.0 Å². The molecule has 1 aromatic rings. The number of nitrogens with zero attached hydrogens (tertiary/aromatic N) is 2. The molecule has 1 N–H and O–H groups in total. The molecule has 1 aliphatic carbocycles. The maximum absolute atomic E-state index is 12.7. The molecule has 3 aliphatic rings. The number of fused-ring (bicyclic) bond motifs is 1. The molecule has 2 heterocycles. The summed E-state index contributed by atoms with van der Waals surface area (Å²) in [6.07, 6.45) is 4.10. The summed E-state index contributed by atoms with van der Waals surface area (Å²) in [5.41, 5.74) is 0.957. The number of carbonyl (C=O) groups excluding carboxylic acids is 3. The molecule has 2 fully saturated rings. The van der Waals surface area contributed by atoms with E-state index in [1.165, 1.54) is 0 Å². The topological polar surface area (TPSA) is 69.7 Å². The number of rotatable bonds is 5. The van der Waals surface area contributed by atoms with Gasteiger partial charge in [-0.2, -0.15) is 0 Å². The van der Waals surface area contributed by atoms with Crippen LogP contribution >= 0.6 is 11.8 Å². The van der Waals surface area contributed by atoms with Crippen molar-refractivity contribution in [3.63, 3.8) is 0 Å². The molecule has 0 aromatic heterocycles. The van der Waals surface area contributed by atoms with Crippen molar-refractivity contribution in [3.8, 4) is 0 Å². The van der Waals surface area contributed by atoms with Crippen molar-refractivity contribution in [3.05, 3.63) is 24.3 Å². The molecule has 1 aromatic carbocycles. The highest BCUT2D eigenvalue weighted by Crippen LogP contribution is 2.34. The fraction of sp³-hybridized carbons (Fsp3) is 0.571. The molecule has 1 saturated heterocycles. The summed E-state index contributed by atoms with van der Waals surface area (Å²) in [6.45, 7) is 1.91. The summed E-state index contributed by atoms with van der Waals surface area (Å²) in [6, 6.07) is 8.32. The first-order valence-corrected chi connectivity index (χ1v) is 11.2. The molecular formula is C21H27N3O3S. The van der Waals surface area contributed by atoms with Crippen LogP contribution < -0.4 is 10.2 Å². The number of hydrogen-bond acceptors (Lipinski definition) is 4. The largest absolute Gasteiger partial charge is 0.353 e. The molecule has 28 heavy (non-hydrogen) atoms. The van der Waals surface area contributed by atoms with Gasteiger partial charge in [0.05, 0.1) is 5.69 Å². The summed E-state index contributed by atoms with van der Waals surface area (Å²) in [4.78, 5) is 42.1. The Balaban J connectivity index is 1.24. The SMILES string of the molecule is O=C(NC1CC1)C1CCN(C(=O)CCC(=O)N2CCSc3ccccc32)CC1. The number of thioether (sulfide) groups is 1. The molecular weight excluding hydrogens is 374 g/mol. The third kappa shape index (κ3) is 4.51. The van der Waals surface area contributed by atoms with Crippen LogP contribution in [-0.2, 0) is 14.4 Å². The van der Waals surface area contributed by atoms with Gasteiger partial charge in [-0.3, -0.25) is 14.4 Å². The standard InChI is InChI=1S/C21H27N3O3S/c25-19(23-11-9-15(10-12-23)21(27)22-16-5-6-16)7-8-20(26)24-13-14-28-18-4-2-1-3-17(18)24/h1-4,15-16H,5-14H2,(H,22,27). The molecule has 1 saturated carbocycles. The van der Waals surface area contributed by atoms with E-state index in [1.807, 2.05) is 34.1 Å². The van der Waals surface area contributed by atoms with Crippen molar-refractivity contribution < 1.29 is 14.4 Å². The number of carbonyl (C=O) groups is 3. The average Bonchev–Trinajstić information content (AvgIpc) is 3.55. The Morgan fingerprint density at radius 3 is 2.43 bits per heavy atom. The van der Waals surface area contributed by atoms with Gasteiger partial charge in [0.1, 0.15) is 0 Å². The molecule has 0 radical (unpaired) electrons. The van der Waals surface area contributed by atoms with Gasteiger partial charge in [-0.15, -0.1) is 11.8 Å². The Kier molecular flexibility index (Phi) is 5.90. The number of piperidine rings is 1. The zero-order chi connectivity index (χ0) is 19.5. The van der Waals surface area contributed by atoms with E-state index in [9.17, 15) is 14.4 Å². The maximum atomic E-state index is 12.7. The first-order valence-electron chi connectivity index (χ1n) is 10.2. The molecule has 6 nitrogen and oxygen atoms in total. The zero-order valence-electron chi connectivity index (χ0n) is 16.1. The first kappa shape index (κ1) is 19.3. The molecule has 150 valence electrons. The number of anilines is 1. The van der Waals surface area contributed by atoms with Crippen LogP contribution in [-0.4, -0.2) is 54.1 Å². The van der Waals surface area contributed by atoms with Gasteiger partial charge in [-0.25, -0.2) is 0 Å². The van der Waals surface area contributed by atoms with Crippen molar-refractivity contribution in [2.45, 2.75) is 49.5 Å². The number of nitrogens with one attached hydrogen (secondary N) is 1. The second-order valence-electron chi connectivity index (χ2n) is 7.80. The smallest absolute Gasteiger partial charge is 0.227 e. The third-order valence-corrected chi connectivity index (χ3v) is 6.77. The Hall–Kier alpha value is -2.02. The quantitative estimate of drug-likeness (QED) is 0.823. The number of hydrogen-bond donors (Lipinski definition) is 1. The minimum atomic E-state index is 0.0137. The molecule has 0 unspecified atom stereocenters. The van der Waals surface area contributed by atoms with E-state index in [4.69, 9.17) is 0 Å². The normalized spacial score (nSPS) is 19.9. The number of likely N-dealkylation sites (tertiary alicyclic amines) is 1. The number of benzene rings is 1. The van der Waals surface area contributed by atoms with Gasteiger partial charge in [-0.05, 0) is 37.8 Å². The van der Waals surface area contributed by atoms with Gasteiger partial charge in [0.2, 0.25) is 17.7 Å². The average molecular weight is 402 g/mol. The van der Waals surface area contributed by atoms with E-state index in [-0.39, 0.29) is 36.5 Å². The van der Waals surface area contributed by atoms with Crippen LogP contribution in [0.15, 0.2) is 29.2 Å². The lowest BCUT2D eigenvalue weighted by atomic mass is 9.95. The van der Waals surface area contributed by atoms with E-state index < -0.39 is 0 Å². The fourth-order valence-corrected chi connectivity index (χ4v) is 4.87. The van der Waals surface area contributed by atoms with Crippen LogP contribution in [0.25, 0.3) is 0 Å². The first-order chi connectivity index (χ1) is 13.6. The summed E-state index contributed by atoms with van der Waals surface area (Å²) < 4.78 is 0. The molecule has 0 spiro atoms. The van der Waals surface area contributed by atoms with Crippen LogP contribution in [0.3, 0.4) is 0 Å². The lowest BCUT2D eigenvalue weighted by molar-refractivity contribution is -0.136. The van der Waals surface area contributed by atoms with Crippen molar-refractivity contribution in [2.24, 2.45) is 5.92 Å². The zero-order valence-corrected chi connectivity index (χ0v) is 16.9. The lowest BCUT2D eigenvalue weighted by Crippen LogP contribution is -2.44. The monoisotopic (exact) mass is 401 g/mol. The lowest BCUT2D eigenvalue weighted by Gasteiger charge is -2.32. The summed E-state index contributed by atoms with van der Waals surface area (Å²) in [7, 11) is 0. The van der Waals surface area contributed by atoms with Crippen molar-refractivity contribution in [1.82, 2.24) is 10.2 Å². The Morgan fingerprint density at radius 1 is 0.964 bits per heavy atom. The van der Waals surface area contributed by atoms with E-state index in [1.54, 1.807) is 11.8 Å². The second-order valence-corrected chi connectivity index (χ2v) is 8.94. The van der Waals surface area contributed by atoms with Crippen LogP contribution in [0.5, 0.6) is 0 Å². The second kappa shape index (κ2) is 8.55. The van der Waals surface area contributed by atoms with Crippen LogP contribution in [0, 0.1) is 5.92 Å². The van der Waals surface area contributed by atoms with Gasteiger partial charge >= 0.3 is 0 Å². The Morgan fingerprint density at radius 2 is 1.68 bits per heavy atom. The molecule has 0 atom stereocenters. The van der Waals surface area contributed by atoms with Gasteiger partial charge in [0, 0.05) is 55.1 Å². The Bertz CT molecular complexity index is 757. The van der Waals surface area contributed by atoms with Crippen LogP contribution in [0.2, 0.25) is 0 Å². The van der Waals surface area contributed by atoms with Crippen molar-refractivity contribution >= 4 is 35.2 Å². The summed E-state index contributed by atoms with van der Waals surface area (Å²) in [5.74, 6) is 1.08. The van der Waals surface area contributed by atoms with Gasteiger partial charge in [0.25, 0.3) is 0 Å². The minimum absolute atomic E-state index is 0.0137. The van der Waals surface area contributed by atoms with Crippen molar-refractivity contribution in [2.75, 3.05) is 30.3 Å². The summed E-state index contributed by atoms with van der Waals surface area (Å²) >= 11 is 1.77. The fourth-order valence-electron chi connectivity index (χ4n) is 3.87. The van der Waals surface area contributed by atoms with E-state index in [0.29, 0.717) is 25.7 Å². The molecule has 7 heteroatoms. The van der Waals surface area contributed by atoms with Crippen molar-refractivity contribution in [1.29, 1.82) is 0 Å². The Labute approximate surface area is 170 Å². The highest BCUT2D eigenvalue weighted by molar-refractivity contribution is 7.99. The predicted octanol–water partition coefficient (Wildman–Crippen LogP) is 2.42. The molecule has 0 bridgehead atoms. The highest BCUT2D eigenvalue weighted by atomic mass is 32.2. The van der Waals surface area contributed by atoms with Gasteiger partial charge in [-0.1, -0.05) is 12.1 Å². The van der Waals surface area contributed by atoms with Gasteiger partial charge < -0.3 is 15.1 Å². The summed E-state index contributed by atoms with van der Waals surface area (Å²) in [5, 5.41) is 3.06. The number of amides is 3. The van der Waals surface area contributed by atoms with E-state index >= 15 is 0 Å². The molecule has 3 amide bonds. The maximum Gasteiger partial charge on any atom is 0.227 e. The van der Waals surface area contributed by atoms with Crippen LogP contribution in [0.4, 0.5) is 5.69 Å². The van der Waals surface area contributed by atoms with E-state index in [2.05, 4.69) is 5.32 Å². The molecule has 4 rings (SSSR count). The number of para-hydroxylation sites is 1. The minimum Gasteiger partial charge on any atom is -0.353 e. The third-order valence-electron chi connectivity index (χ3n) is 5.72. The predicted molar refractivity (Wildman–Crippen MR) is 109 cm³/mol. The molecule has 2 aliphatic heterocycles.